The molecule has 1 heterocycles. The van der Waals surface area contributed by atoms with Crippen LogP contribution < -0.4 is 5.32 Å². The molecular formula is C14H9ClF3N3O3S. The number of nitrogens with one attached hydrogen (secondary N) is 1. The lowest BCUT2D eigenvalue weighted by Crippen LogP contribution is -2.19. The molecule has 0 spiro atoms. The molecule has 25 heavy (non-hydrogen) atoms. The summed E-state index contributed by atoms with van der Waals surface area (Å²) in [6.45, 7) is 0. The summed E-state index contributed by atoms with van der Waals surface area (Å²) in [7, 11) is 1.16. The Morgan fingerprint density at radius 3 is 2.72 bits per heavy atom. The average molecular weight is 392 g/mol. The Morgan fingerprint density at radius 2 is 2.08 bits per heavy atom. The molecular weight excluding hydrogens is 383 g/mol. The average Bonchev–Trinajstić information content (AvgIpc) is 2.85. The standard InChI is InChI=1S/C14H9ClF3N3O3S/c1-24-11(22)5-10-12(23)20-13(25-10)21-19-6-7-2-8(14(16,17)18)4-9(15)3-7/h2-6H,1H3,(H,20,21,23)/b10-5+,19-6?. The second kappa shape index (κ2) is 7.70. The third kappa shape index (κ3) is 5.33. The maximum atomic E-state index is 12.7. The van der Waals surface area contributed by atoms with E-state index in [1.165, 1.54) is 6.07 Å². The number of rotatable bonds is 3. The molecule has 11 heteroatoms. The smallest absolute Gasteiger partial charge is 0.416 e. The minimum atomic E-state index is -4.54. The van der Waals surface area contributed by atoms with Gasteiger partial charge in [-0.1, -0.05) is 11.6 Å². The Kier molecular flexibility index (Phi) is 5.85. The molecule has 0 bridgehead atoms. The van der Waals surface area contributed by atoms with E-state index in [4.69, 9.17) is 11.6 Å². The van der Waals surface area contributed by atoms with Gasteiger partial charge in [0.05, 0.1) is 23.8 Å². The number of nitrogens with zero attached hydrogens (tertiary/aromatic N) is 2. The second-order valence-corrected chi connectivity index (χ2v) is 5.98. The first-order valence-electron chi connectivity index (χ1n) is 6.46. The third-order valence-electron chi connectivity index (χ3n) is 2.70. The summed E-state index contributed by atoms with van der Waals surface area (Å²) < 4.78 is 42.5. The van der Waals surface area contributed by atoms with E-state index in [1.807, 2.05) is 0 Å². The van der Waals surface area contributed by atoms with Gasteiger partial charge in [-0.3, -0.25) is 10.1 Å². The van der Waals surface area contributed by atoms with Gasteiger partial charge in [0, 0.05) is 11.1 Å². The summed E-state index contributed by atoms with van der Waals surface area (Å²) >= 11 is 6.49. The van der Waals surface area contributed by atoms with Gasteiger partial charge in [0.25, 0.3) is 5.91 Å². The number of halogens is 4. The van der Waals surface area contributed by atoms with Crippen LogP contribution in [0, 0.1) is 0 Å². The fourth-order valence-electron chi connectivity index (χ4n) is 1.64. The zero-order valence-electron chi connectivity index (χ0n) is 12.4. The fraction of sp³-hybridized carbons (Fsp3) is 0.143. The molecule has 0 unspecified atom stereocenters. The van der Waals surface area contributed by atoms with Crippen LogP contribution in [0.3, 0.4) is 0 Å². The van der Waals surface area contributed by atoms with Crippen molar-refractivity contribution in [2.75, 3.05) is 7.11 Å². The number of carbonyl (C=O) groups is 2. The highest BCUT2D eigenvalue weighted by atomic mass is 35.5. The summed E-state index contributed by atoms with van der Waals surface area (Å²) in [6.07, 6.45) is -2.50. The largest absolute Gasteiger partial charge is 0.466 e. The van der Waals surface area contributed by atoms with E-state index < -0.39 is 23.6 Å². The molecule has 1 aliphatic rings. The van der Waals surface area contributed by atoms with Crippen molar-refractivity contribution in [3.05, 3.63) is 45.3 Å². The van der Waals surface area contributed by atoms with Crippen LogP contribution >= 0.6 is 23.4 Å². The highest BCUT2D eigenvalue weighted by Crippen LogP contribution is 2.31. The molecule has 6 nitrogen and oxygen atoms in total. The predicted octanol–water partition coefficient (Wildman–Crippen LogP) is 2.97. The van der Waals surface area contributed by atoms with Crippen LogP contribution in [0.25, 0.3) is 0 Å². The van der Waals surface area contributed by atoms with Crippen molar-refractivity contribution in [1.29, 1.82) is 0 Å². The predicted molar refractivity (Wildman–Crippen MR) is 87.3 cm³/mol. The van der Waals surface area contributed by atoms with Crippen LogP contribution in [0.15, 0.2) is 39.4 Å². The Balaban J connectivity index is 2.15. The van der Waals surface area contributed by atoms with Crippen molar-refractivity contribution in [3.63, 3.8) is 0 Å². The topological polar surface area (TPSA) is 80.1 Å². The van der Waals surface area contributed by atoms with Crippen LogP contribution in [-0.2, 0) is 20.5 Å². The van der Waals surface area contributed by atoms with Crippen LogP contribution in [0.1, 0.15) is 11.1 Å². The Morgan fingerprint density at radius 1 is 1.36 bits per heavy atom. The molecule has 1 aromatic carbocycles. The van der Waals surface area contributed by atoms with Crippen molar-refractivity contribution >= 4 is 46.6 Å². The lowest BCUT2D eigenvalue weighted by molar-refractivity contribution is -0.137. The molecule has 0 aromatic heterocycles. The molecule has 1 saturated heterocycles. The number of carbonyl (C=O) groups excluding carboxylic acids is 2. The summed E-state index contributed by atoms with van der Waals surface area (Å²) in [5.41, 5.74) is -0.829. The minimum Gasteiger partial charge on any atom is -0.466 e. The number of benzene rings is 1. The molecule has 1 fully saturated rings. The highest BCUT2D eigenvalue weighted by molar-refractivity contribution is 8.18. The van der Waals surface area contributed by atoms with Crippen LogP contribution in [0.5, 0.6) is 0 Å². The summed E-state index contributed by atoms with van der Waals surface area (Å²) in [4.78, 5) is 22.7. The molecule has 0 saturated carbocycles. The van der Waals surface area contributed by atoms with E-state index in [1.54, 1.807) is 0 Å². The van der Waals surface area contributed by atoms with Crippen molar-refractivity contribution < 1.29 is 27.5 Å². The van der Waals surface area contributed by atoms with Gasteiger partial charge in [-0.25, -0.2) is 4.79 Å². The number of methoxy groups -OCH3 is 1. The van der Waals surface area contributed by atoms with Crippen LogP contribution in [0.4, 0.5) is 13.2 Å². The van der Waals surface area contributed by atoms with Gasteiger partial charge >= 0.3 is 12.1 Å². The van der Waals surface area contributed by atoms with Gasteiger partial charge in [-0.2, -0.15) is 18.3 Å². The Hall–Kier alpha value is -2.33. The maximum absolute atomic E-state index is 12.7. The van der Waals surface area contributed by atoms with Crippen molar-refractivity contribution in [2.24, 2.45) is 10.2 Å². The SMILES string of the molecule is COC(=O)/C=C1/S/C(=N\N=Cc2cc(Cl)cc(C(F)(F)F)c2)NC1=O. The lowest BCUT2D eigenvalue weighted by Gasteiger charge is -2.07. The molecule has 0 atom stereocenters. The number of amides is 1. The molecule has 1 aromatic rings. The first-order valence-corrected chi connectivity index (χ1v) is 7.66. The van der Waals surface area contributed by atoms with E-state index in [-0.39, 0.29) is 20.7 Å². The zero-order chi connectivity index (χ0) is 18.6. The number of esters is 1. The fourth-order valence-corrected chi connectivity index (χ4v) is 2.62. The minimum absolute atomic E-state index is 0.0583. The maximum Gasteiger partial charge on any atom is 0.416 e. The molecule has 132 valence electrons. The first-order chi connectivity index (χ1) is 11.7. The van der Waals surface area contributed by atoms with E-state index in [2.05, 4.69) is 20.3 Å². The van der Waals surface area contributed by atoms with E-state index in [9.17, 15) is 22.8 Å². The van der Waals surface area contributed by atoms with E-state index in [0.717, 1.165) is 43.3 Å². The zero-order valence-corrected chi connectivity index (χ0v) is 14.0. The lowest BCUT2D eigenvalue weighted by atomic mass is 10.1. The Labute approximate surface area is 148 Å². The molecule has 1 amide bonds. The highest BCUT2D eigenvalue weighted by Gasteiger charge is 2.31. The normalized spacial score (nSPS) is 18.2. The number of alkyl halides is 3. The number of hydrogen-bond donors (Lipinski definition) is 1. The molecule has 2 rings (SSSR count). The summed E-state index contributed by atoms with van der Waals surface area (Å²) in [5.74, 6) is -1.27. The van der Waals surface area contributed by atoms with Crippen molar-refractivity contribution in [1.82, 2.24) is 5.32 Å². The van der Waals surface area contributed by atoms with Gasteiger partial charge in [-0.15, -0.1) is 5.10 Å². The summed E-state index contributed by atoms with van der Waals surface area (Å²) in [6, 6.07) is 2.93. The monoisotopic (exact) mass is 391 g/mol. The quantitative estimate of drug-likeness (QED) is 0.372. The molecule has 0 radical (unpaired) electrons. The summed E-state index contributed by atoms with van der Waals surface area (Å²) in [5, 5.41) is 9.60. The molecule has 0 aliphatic carbocycles. The van der Waals surface area contributed by atoms with Gasteiger partial charge in [0.15, 0.2) is 5.17 Å². The van der Waals surface area contributed by atoms with Crippen molar-refractivity contribution in [2.45, 2.75) is 6.18 Å². The first kappa shape index (κ1) is 19.0. The van der Waals surface area contributed by atoms with Crippen LogP contribution in [0.2, 0.25) is 5.02 Å². The van der Waals surface area contributed by atoms with E-state index in [0.29, 0.717) is 0 Å². The van der Waals surface area contributed by atoms with E-state index >= 15 is 0 Å². The van der Waals surface area contributed by atoms with Crippen molar-refractivity contribution in [3.8, 4) is 0 Å². The third-order valence-corrected chi connectivity index (χ3v) is 3.82. The molecule has 1 aliphatic heterocycles. The second-order valence-electron chi connectivity index (χ2n) is 4.51. The number of hydrogen-bond acceptors (Lipinski definition) is 6. The number of ether oxygens (including phenoxy) is 1. The van der Waals surface area contributed by atoms with Gasteiger partial charge in [0.2, 0.25) is 0 Å². The van der Waals surface area contributed by atoms with Crippen LogP contribution in [-0.4, -0.2) is 30.4 Å². The number of amidine groups is 1. The molecule has 1 N–H and O–H groups in total. The number of thioether (sulfide) groups is 1. The van der Waals surface area contributed by atoms with Gasteiger partial charge in [-0.05, 0) is 35.5 Å². The van der Waals surface area contributed by atoms with Gasteiger partial charge in [0.1, 0.15) is 0 Å². The van der Waals surface area contributed by atoms with Gasteiger partial charge < -0.3 is 4.74 Å². The Bertz CT molecular complexity index is 806.